The fourth-order valence-corrected chi connectivity index (χ4v) is 3.79. The lowest BCUT2D eigenvalue weighted by molar-refractivity contribution is 0.179. The van der Waals surface area contributed by atoms with E-state index in [1.807, 2.05) is 13.1 Å². The molecule has 8 heteroatoms. The Bertz CT molecular complexity index is 848. The summed E-state index contributed by atoms with van der Waals surface area (Å²) in [7, 11) is 0. The molecule has 0 spiro atoms. The van der Waals surface area contributed by atoms with Gasteiger partial charge in [-0.05, 0) is 31.9 Å². The molecule has 0 N–H and O–H groups in total. The maximum atomic E-state index is 11.8. The average molecular weight is 382 g/mol. The second-order valence-corrected chi connectivity index (χ2v) is 7.57. The maximum absolute atomic E-state index is 11.8. The largest absolute Gasteiger partial charge is 0.447 e. The van der Waals surface area contributed by atoms with Crippen LogP contribution >= 0.6 is 0 Å². The molecule has 1 atom stereocenters. The van der Waals surface area contributed by atoms with Gasteiger partial charge in [0.1, 0.15) is 18.2 Å². The predicted octanol–water partition coefficient (Wildman–Crippen LogP) is 2.16. The first kappa shape index (κ1) is 18.6. The number of ether oxygens (including phenoxy) is 1. The Morgan fingerprint density at radius 3 is 2.39 bits per heavy atom. The minimum Gasteiger partial charge on any atom is -0.447 e. The zero-order valence-electron chi connectivity index (χ0n) is 16.6. The molecule has 2 aromatic rings. The van der Waals surface area contributed by atoms with Gasteiger partial charge in [-0.3, -0.25) is 9.80 Å². The first-order valence-corrected chi connectivity index (χ1v) is 9.69. The zero-order chi connectivity index (χ0) is 19.7. The number of piperazine rings is 1. The molecule has 2 aliphatic heterocycles. The Kier molecular flexibility index (Phi) is 5.13. The van der Waals surface area contributed by atoms with Gasteiger partial charge in [-0.15, -0.1) is 0 Å². The topological polar surface area (TPSA) is 74.7 Å². The fourth-order valence-electron chi connectivity index (χ4n) is 3.79. The molecule has 2 fully saturated rings. The molecule has 148 valence electrons. The number of cyclic esters (lactones) is 1. The third-order valence-electron chi connectivity index (χ3n) is 5.28. The number of anilines is 2. The molecule has 0 radical (unpaired) electrons. The van der Waals surface area contributed by atoms with Gasteiger partial charge in [0.25, 0.3) is 0 Å². The minimum absolute atomic E-state index is 0.00821. The lowest BCUT2D eigenvalue weighted by Gasteiger charge is -2.35. The predicted molar refractivity (Wildman–Crippen MR) is 107 cm³/mol. The third-order valence-corrected chi connectivity index (χ3v) is 5.28. The van der Waals surface area contributed by atoms with Gasteiger partial charge in [0, 0.05) is 32.4 Å². The van der Waals surface area contributed by atoms with Crippen LogP contribution in [0.4, 0.5) is 16.3 Å². The van der Waals surface area contributed by atoms with Gasteiger partial charge in [0.2, 0.25) is 0 Å². The molecule has 0 bridgehead atoms. The summed E-state index contributed by atoms with van der Waals surface area (Å²) in [6.45, 7) is 11.0. The van der Waals surface area contributed by atoms with Crippen LogP contribution in [0.15, 0.2) is 24.7 Å². The van der Waals surface area contributed by atoms with Crippen molar-refractivity contribution in [3.8, 4) is 0 Å². The number of nitrogens with zero attached hydrogens (tertiary/aromatic N) is 6. The Balaban J connectivity index is 1.34. The van der Waals surface area contributed by atoms with Crippen molar-refractivity contribution in [3.05, 3.63) is 41.6 Å². The summed E-state index contributed by atoms with van der Waals surface area (Å²) in [6.07, 6.45) is 5.02. The number of aromatic nitrogens is 3. The molecule has 0 saturated carbocycles. The van der Waals surface area contributed by atoms with E-state index in [1.165, 1.54) is 11.1 Å². The second-order valence-electron chi connectivity index (χ2n) is 7.57. The highest BCUT2D eigenvalue weighted by Crippen LogP contribution is 2.22. The van der Waals surface area contributed by atoms with E-state index in [2.05, 4.69) is 44.7 Å². The number of pyridine rings is 1. The van der Waals surface area contributed by atoms with Gasteiger partial charge in [-0.25, -0.2) is 19.7 Å². The highest BCUT2D eigenvalue weighted by Gasteiger charge is 2.31. The highest BCUT2D eigenvalue weighted by atomic mass is 16.6. The van der Waals surface area contributed by atoms with Crippen LogP contribution in [0.2, 0.25) is 0 Å². The molecule has 2 saturated heterocycles. The highest BCUT2D eigenvalue weighted by molar-refractivity contribution is 5.89. The number of aryl methyl sites for hydroxylation is 2. The van der Waals surface area contributed by atoms with E-state index in [9.17, 15) is 4.79 Å². The molecule has 4 heterocycles. The SMILES string of the molecule is Cc1cnc(N2CCN(Cc3ncc(N4C(=O)OC[C@H]4C)cn3)CC2)c(C)c1. The number of hydrogen-bond donors (Lipinski definition) is 0. The van der Waals surface area contributed by atoms with Gasteiger partial charge in [-0.2, -0.15) is 0 Å². The van der Waals surface area contributed by atoms with Gasteiger partial charge in [-0.1, -0.05) is 6.07 Å². The maximum Gasteiger partial charge on any atom is 0.414 e. The standard InChI is InChI=1S/C20H26N6O2/c1-14-8-15(2)19(23-9-14)25-6-4-24(5-7-25)12-18-21-10-17(11-22-18)26-16(3)13-28-20(26)27/h8-11,16H,4-7,12-13H2,1-3H3/t16-/m1/s1. The summed E-state index contributed by atoms with van der Waals surface area (Å²) in [4.78, 5) is 31.6. The van der Waals surface area contributed by atoms with E-state index in [0.29, 0.717) is 18.8 Å². The molecule has 2 aromatic heterocycles. The molecule has 8 nitrogen and oxygen atoms in total. The van der Waals surface area contributed by atoms with Crippen LogP contribution in [0.1, 0.15) is 23.9 Å². The number of rotatable bonds is 4. The Morgan fingerprint density at radius 1 is 1.07 bits per heavy atom. The van der Waals surface area contributed by atoms with Crippen molar-refractivity contribution in [2.45, 2.75) is 33.4 Å². The van der Waals surface area contributed by atoms with Crippen molar-refractivity contribution in [1.82, 2.24) is 19.9 Å². The van der Waals surface area contributed by atoms with Gasteiger partial charge >= 0.3 is 6.09 Å². The van der Waals surface area contributed by atoms with E-state index in [0.717, 1.165) is 37.8 Å². The molecule has 0 aromatic carbocycles. The van der Waals surface area contributed by atoms with Crippen molar-refractivity contribution in [3.63, 3.8) is 0 Å². The molecule has 0 aliphatic carbocycles. The van der Waals surface area contributed by atoms with Crippen molar-refractivity contribution in [2.75, 3.05) is 42.6 Å². The van der Waals surface area contributed by atoms with Crippen LogP contribution in [0.25, 0.3) is 0 Å². The Hall–Kier alpha value is -2.74. The van der Waals surface area contributed by atoms with E-state index >= 15 is 0 Å². The number of carbonyl (C=O) groups excluding carboxylic acids is 1. The van der Waals surface area contributed by atoms with E-state index in [-0.39, 0.29) is 12.1 Å². The Labute approximate surface area is 165 Å². The fraction of sp³-hybridized carbons (Fsp3) is 0.500. The monoisotopic (exact) mass is 382 g/mol. The summed E-state index contributed by atoms with van der Waals surface area (Å²) >= 11 is 0. The van der Waals surface area contributed by atoms with Crippen molar-refractivity contribution in [1.29, 1.82) is 0 Å². The average Bonchev–Trinajstić information content (AvgIpc) is 3.02. The van der Waals surface area contributed by atoms with Gasteiger partial charge < -0.3 is 9.64 Å². The van der Waals surface area contributed by atoms with Gasteiger partial charge in [0.15, 0.2) is 0 Å². The van der Waals surface area contributed by atoms with Crippen molar-refractivity contribution in [2.24, 2.45) is 0 Å². The quantitative estimate of drug-likeness (QED) is 0.802. The van der Waals surface area contributed by atoms with E-state index in [4.69, 9.17) is 4.74 Å². The lowest BCUT2D eigenvalue weighted by Crippen LogP contribution is -2.46. The van der Waals surface area contributed by atoms with E-state index < -0.39 is 0 Å². The molecular weight excluding hydrogens is 356 g/mol. The third kappa shape index (κ3) is 3.77. The summed E-state index contributed by atoms with van der Waals surface area (Å²) in [5, 5.41) is 0. The second kappa shape index (κ2) is 7.71. The van der Waals surface area contributed by atoms with Gasteiger partial charge in [0.05, 0.1) is 30.7 Å². The zero-order valence-corrected chi connectivity index (χ0v) is 16.6. The molecule has 0 unspecified atom stereocenters. The summed E-state index contributed by atoms with van der Waals surface area (Å²) in [5.41, 5.74) is 3.10. The molecule has 1 amide bonds. The summed E-state index contributed by atoms with van der Waals surface area (Å²) < 4.78 is 5.06. The molecule has 4 rings (SSSR count). The van der Waals surface area contributed by atoms with Crippen LogP contribution in [0, 0.1) is 13.8 Å². The van der Waals surface area contributed by atoms with Crippen molar-refractivity contribution < 1.29 is 9.53 Å². The number of carbonyl (C=O) groups is 1. The first-order chi connectivity index (χ1) is 13.5. The van der Waals surface area contributed by atoms with Crippen LogP contribution < -0.4 is 9.80 Å². The van der Waals surface area contributed by atoms with Crippen LogP contribution in [-0.4, -0.2) is 64.8 Å². The normalized spacial score (nSPS) is 20.5. The number of amides is 1. The molecule has 28 heavy (non-hydrogen) atoms. The van der Waals surface area contributed by atoms with Crippen molar-refractivity contribution >= 4 is 17.6 Å². The minimum atomic E-state index is -0.333. The summed E-state index contributed by atoms with van der Waals surface area (Å²) in [5.74, 6) is 1.85. The van der Waals surface area contributed by atoms with Crippen LogP contribution in [0.3, 0.4) is 0 Å². The van der Waals surface area contributed by atoms with E-state index in [1.54, 1.807) is 17.3 Å². The lowest BCUT2D eigenvalue weighted by atomic mass is 10.2. The van der Waals surface area contributed by atoms with Crippen LogP contribution in [0.5, 0.6) is 0 Å². The Morgan fingerprint density at radius 2 is 1.79 bits per heavy atom. The molecule has 2 aliphatic rings. The summed E-state index contributed by atoms with van der Waals surface area (Å²) in [6, 6.07) is 2.19. The molecular formula is C20H26N6O2. The number of hydrogen-bond acceptors (Lipinski definition) is 7. The first-order valence-electron chi connectivity index (χ1n) is 9.69. The smallest absolute Gasteiger partial charge is 0.414 e. The van der Waals surface area contributed by atoms with Crippen LogP contribution in [-0.2, 0) is 11.3 Å².